The Morgan fingerprint density at radius 3 is 2.40 bits per heavy atom. The SMILES string of the molecule is C=CCNC(=O)c1ccccc1NC(=O)CN(c1cc(C)ccc1OC)S(=O)(=O)c1ccccc1. The van der Waals surface area contributed by atoms with Crippen molar-refractivity contribution < 1.29 is 22.7 Å². The number of anilines is 2. The highest BCUT2D eigenvalue weighted by molar-refractivity contribution is 7.92. The smallest absolute Gasteiger partial charge is 0.264 e. The van der Waals surface area contributed by atoms with E-state index in [9.17, 15) is 18.0 Å². The van der Waals surface area contributed by atoms with Crippen LogP contribution in [0.5, 0.6) is 5.75 Å². The topological polar surface area (TPSA) is 105 Å². The number of nitrogens with one attached hydrogen (secondary N) is 2. The number of rotatable bonds is 10. The van der Waals surface area contributed by atoms with Gasteiger partial charge in [-0.2, -0.15) is 0 Å². The summed E-state index contributed by atoms with van der Waals surface area (Å²) >= 11 is 0. The maximum Gasteiger partial charge on any atom is 0.264 e. The number of methoxy groups -OCH3 is 1. The van der Waals surface area contributed by atoms with Crippen LogP contribution in [0.25, 0.3) is 0 Å². The number of benzene rings is 3. The number of hydrogen-bond donors (Lipinski definition) is 2. The lowest BCUT2D eigenvalue weighted by molar-refractivity contribution is -0.114. The number of sulfonamides is 1. The van der Waals surface area contributed by atoms with E-state index in [4.69, 9.17) is 4.74 Å². The molecule has 0 radical (unpaired) electrons. The lowest BCUT2D eigenvalue weighted by Crippen LogP contribution is -2.38. The quantitative estimate of drug-likeness (QED) is 0.419. The van der Waals surface area contributed by atoms with E-state index in [2.05, 4.69) is 17.2 Å². The maximum absolute atomic E-state index is 13.6. The molecule has 0 saturated heterocycles. The van der Waals surface area contributed by atoms with Crippen LogP contribution in [-0.2, 0) is 14.8 Å². The Bertz CT molecular complexity index is 1320. The van der Waals surface area contributed by atoms with E-state index in [1.165, 1.54) is 19.2 Å². The molecule has 0 bridgehead atoms. The number of nitrogens with zero attached hydrogens (tertiary/aromatic N) is 1. The van der Waals surface area contributed by atoms with Crippen LogP contribution in [0.2, 0.25) is 0 Å². The molecule has 0 spiro atoms. The molecule has 3 aromatic rings. The van der Waals surface area contributed by atoms with Gasteiger partial charge in [0.15, 0.2) is 0 Å². The number of carbonyl (C=O) groups is 2. The molecule has 35 heavy (non-hydrogen) atoms. The molecular formula is C26H27N3O5S. The largest absolute Gasteiger partial charge is 0.495 e. The third-order valence-corrected chi connectivity index (χ3v) is 6.85. The zero-order valence-corrected chi connectivity index (χ0v) is 20.3. The van der Waals surface area contributed by atoms with Gasteiger partial charge in [-0.3, -0.25) is 13.9 Å². The summed E-state index contributed by atoms with van der Waals surface area (Å²) in [6.07, 6.45) is 1.54. The minimum Gasteiger partial charge on any atom is -0.495 e. The van der Waals surface area contributed by atoms with Crippen LogP contribution in [0.1, 0.15) is 15.9 Å². The van der Waals surface area contributed by atoms with Crippen molar-refractivity contribution in [1.82, 2.24) is 5.32 Å². The monoisotopic (exact) mass is 493 g/mol. The van der Waals surface area contributed by atoms with Gasteiger partial charge in [-0.1, -0.05) is 42.5 Å². The molecule has 2 amide bonds. The van der Waals surface area contributed by atoms with Gasteiger partial charge in [0.25, 0.3) is 15.9 Å². The van der Waals surface area contributed by atoms with Crippen molar-refractivity contribution in [2.45, 2.75) is 11.8 Å². The minimum atomic E-state index is -4.13. The van der Waals surface area contributed by atoms with E-state index >= 15 is 0 Å². The average Bonchev–Trinajstić information content (AvgIpc) is 2.86. The Labute approximate surface area is 205 Å². The molecule has 182 valence electrons. The van der Waals surface area contributed by atoms with Crippen molar-refractivity contribution in [3.8, 4) is 5.75 Å². The van der Waals surface area contributed by atoms with Crippen molar-refractivity contribution in [2.75, 3.05) is 29.8 Å². The lowest BCUT2D eigenvalue weighted by Gasteiger charge is -2.26. The van der Waals surface area contributed by atoms with Crippen molar-refractivity contribution in [3.05, 3.63) is 96.6 Å². The van der Waals surface area contributed by atoms with Crippen molar-refractivity contribution in [3.63, 3.8) is 0 Å². The molecule has 3 rings (SSSR count). The summed E-state index contributed by atoms with van der Waals surface area (Å²) < 4.78 is 33.6. The number of para-hydroxylation sites is 1. The van der Waals surface area contributed by atoms with Crippen LogP contribution < -0.4 is 19.7 Å². The summed E-state index contributed by atoms with van der Waals surface area (Å²) in [5.74, 6) is -0.723. The molecular weight excluding hydrogens is 466 g/mol. The first-order valence-electron chi connectivity index (χ1n) is 10.8. The van der Waals surface area contributed by atoms with Gasteiger partial charge in [0, 0.05) is 6.54 Å². The second kappa shape index (κ2) is 11.3. The molecule has 2 N–H and O–H groups in total. The summed E-state index contributed by atoms with van der Waals surface area (Å²) in [6, 6.07) is 19.4. The maximum atomic E-state index is 13.6. The fourth-order valence-electron chi connectivity index (χ4n) is 3.38. The van der Waals surface area contributed by atoms with E-state index in [1.807, 2.05) is 6.92 Å². The predicted molar refractivity (Wildman–Crippen MR) is 136 cm³/mol. The molecule has 0 aromatic heterocycles. The van der Waals surface area contributed by atoms with Crippen LogP contribution in [-0.4, -0.2) is 40.4 Å². The number of carbonyl (C=O) groups excluding carboxylic acids is 2. The molecule has 0 atom stereocenters. The number of amides is 2. The Morgan fingerprint density at radius 1 is 1.03 bits per heavy atom. The fourth-order valence-corrected chi connectivity index (χ4v) is 4.83. The Hall–Kier alpha value is -4.11. The van der Waals surface area contributed by atoms with Gasteiger partial charge < -0.3 is 15.4 Å². The van der Waals surface area contributed by atoms with Crippen molar-refractivity contribution in [2.24, 2.45) is 0 Å². The van der Waals surface area contributed by atoms with E-state index in [1.54, 1.807) is 66.7 Å². The van der Waals surface area contributed by atoms with Crippen LogP contribution in [0.4, 0.5) is 11.4 Å². The molecule has 8 nitrogen and oxygen atoms in total. The van der Waals surface area contributed by atoms with E-state index in [-0.39, 0.29) is 28.4 Å². The highest BCUT2D eigenvalue weighted by atomic mass is 32.2. The van der Waals surface area contributed by atoms with Crippen molar-refractivity contribution in [1.29, 1.82) is 0 Å². The highest BCUT2D eigenvalue weighted by Gasteiger charge is 2.30. The molecule has 0 saturated carbocycles. The van der Waals surface area contributed by atoms with Crippen LogP contribution in [0.3, 0.4) is 0 Å². The third kappa shape index (κ3) is 6.07. The van der Waals surface area contributed by atoms with E-state index in [0.717, 1.165) is 9.87 Å². The molecule has 0 heterocycles. The summed E-state index contributed by atoms with van der Waals surface area (Å²) in [6.45, 7) is 5.10. The Kier molecular flexibility index (Phi) is 8.27. The average molecular weight is 494 g/mol. The Morgan fingerprint density at radius 2 is 1.71 bits per heavy atom. The zero-order chi connectivity index (χ0) is 25.4. The molecule has 0 aliphatic heterocycles. The van der Waals surface area contributed by atoms with E-state index in [0.29, 0.717) is 5.75 Å². The van der Waals surface area contributed by atoms with Gasteiger partial charge in [-0.15, -0.1) is 6.58 Å². The first-order valence-corrected chi connectivity index (χ1v) is 12.2. The fraction of sp³-hybridized carbons (Fsp3) is 0.154. The minimum absolute atomic E-state index is 0.0283. The van der Waals surface area contributed by atoms with Crippen LogP contribution in [0.15, 0.2) is 90.3 Å². The number of hydrogen-bond acceptors (Lipinski definition) is 5. The molecule has 0 aliphatic carbocycles. The number of aryl methyl sites for hydroxylation is 1. The van der Waals surface area contributed by atoms with Gasteiger partial charge in [-0.25, -0.2) is 8.42 Å². The van der Waals surface area contributed by atoms with E-state index < -0.39 is 28.4 Å². The number of ether oxygens (including phenoxy) is 1. The van der Waals surface area contributed by atoms with Gasteiger partial charge in [-0.05, 0) is 48.9 Å². The van der Waals surface area contributed by atoms with Gasteiger partial charge in [0.05, 0.1) is 28.9 Å². The van der Waals surface area contributed by atoms with Crippen molar-refractivity contribution >= 4 is 33.2 Å². The summed E-state index contributed by atoms with van der Waals surface area (Å²) in [5.41, 5.74) is 1.52. The molecule has 0 aliphatic rings. The van der Waals surface area contributed by atoms with Crippen LogP contribution in [0, 0.1) is 6.92 Å². The first kappa shape index (κ1) is 25.5. The lowest BCUT2D eigenvalue weighted by atomic mass is 10.1. The standard InChI is InChI=1S/C26H27N3O5S/c1-4-16-27-26(31)21-12-8-9-13-22(21)28-25(30)18-29(23-17-19(2)14-15-24(23)34-3)35(32,33)20-10-6-5-7-11-20/h4-15,17H,1,16,18H2,2-3H3,(H,27,31)(H,28,30). The molecule has 3 aromatic carbocycles. The second-order valence-corrected chi connectivity index (χ2v) is 9.45. The normalized spacial score (nSPS) is 10.8. The molecule has 0 unspecified atom stereocenters. The predicted octanol–water partition coefficient (Wildman–Crippen LogP) is 3.75. The summed E-state index contributed by atoms with van der Waals surface area (Å²) in [5, 5.41) is 5.34. The zero-order valence-electron chi connectivity index (χ0n) is 19.5. The Balaban J connectivity index is 1.98. The highest BCUT2D eigenvalue weighted by Crippen LogP contribution is 2.33. The third-order valence-electron chi connectivity index (χ3n) is 5.07. The second-order valence-electron chi connectivity index (χ2n) is 7.59. The van der Waals surface area contributed by atoms with Gasteiger partial charge in [0.1, 0.15) is 12.3 Å². The van der Waals surface area contributed by atoms with Gasteiger partial charge in [0.2, 0.25) is 5.91 Å². The first-order chi connectivity index (χ1) is 16.8. The summed E-state index contributed by atoms with van der Waals surface area (Å²) in [4.78, 5) is 25.7. The molecule has 9 heteroatoms. The summed E-state index contributed by atoms with van der Waals surface area (Å²) in [7, 11) is -2.70. The van der Waals surface area contributed by atoms with Crippen LogP contribution >= 0.6 is 0 Å². The van der Waals surface area contributed by atoms with Gasteiger partial charge >= 0.3 is 0 Å². The molecule has 0 fully saturated rings.